The van der Waals surface area contributed by atoms with E-state index >= 15 is 0 Å². The van der Waals surface area contributed by atoms with Crippen molar-refractivity contribution in [2.45, 2.75) is 77.0 Å². The molecule has 1 saturated carbocycles. The van der Waals surface area contributed by atoms with E-state index in [1.54, 1.807) is 12.1 Å². The van der Waals surface area contributed by atoms with E-state index in [0.29, 0.717) is 24.4 Å². The van der Waals surface area contributed by atoms with Crippen LogP contribution in [0.2, 0.25) is 0 Å². The smallest absolute Gasteiger partial charge is 0.211 e. The number of hydrogen-bond acceptors (Lipinski definition) is 4. The Morgan fingerprint density at radius 3 is 2.54 bits per heavy atom. The number of hydrogen-bond donors (Lipinski definition) is 3. The van der Waals surface area contributed by atoms with Gasteiger partial charge in [0.05, 0.1) is 11.9 Å². The summed E-state index contributed by atoms with van der Waals surface area (Å²) in [7, 11) is -3.15. The van der Waals surface area contributed by atoms with Gasteiger partial charge in [-0.1, -0.05) is 19.1 Å². The summed E-state index contributed by atoms with van der Waals surface area (Å²) in [6.07, 6.45) is 4.57. The van der Waals surface area contributed by atoms with Crippen LogP contribution in [0.15, 0.2) is 24.3 Å². The second-order valence-corrected chi connectivity index (χ2v) is 10.6. The monoisotopic (exact) mass is 414 g/mol. The van der Waals surface area contributed by atoms with Crippen molar-refractivity contribution >= 4 is 10.0 Å². The van der Waals surface area contributed by atoms with Crippen molar-refractivity contribution in [2.24, 2.45) is 5.92 Å². The molecule has 0 saturated heterocycles. The zero-order valence-corrected chi connectivity index (χ0v) is 18.1. The minimum atomic E-state index is -3.15. The summed E-state index contributed by atoms with van der Waals surface area (Å²) in [4.78, 5) is 0. The van der Waals surface area contributed by atoms with Gasteiger partial charge in [0.15, 0.2) is 0 Å². The van der Waals surface area contributed by atoms with Crippen molar-refractivity contribution < 1.29 is 17.9 Å². The Hall–Kier alpha value is -1.02. The van der Waals surface area contributed by atoms with Crippen molar-refractivity contribution in [3.8, 4) is 0 Å². The molecule has 0 aromatic heterocycles. The van der Waals surface area contributed by atoms with Crippen LogP contribution in [0, 0.1) is 11.7 Å². The van der Waals surface area contributed by atoms with Crippen LogP contribution in [0.25, 0.3) is 0 Å². The Balaban J connectivity index is 1.77. The highest BCUT2D eigenvalue weighted by molar-refractivity contribution is 7.89. The van der Waals surface area contributed by atoms with E-state index in [-0.39, 0.29) is 23.2 Å². The number of β-amino-alcohol motifs (C(OH)–C–C–N with tert-alkyl or cyclic N) is 1. The molecule has 1 aromatic rings. The first-order chi connectivity index (χ1) is 13.1. The van der Waals surface area contributed by atoms with Gasteiger partial charge >= 0.3 is 0 Å². The maximum Gasteiger partial charge on any atom is 0.211 e. The molecule has 0 aliphatic heterocycles. The van der Waals surface area contributed by atoms with Crippen molar-refractivity contribution in [1.29, 1.82) is 0 Å². The third-order valence-corrected chi connectivity index (χ3v) is 7.11. The average Bonchev–Trinajstić information content (AvgIpc) is 2.61. The van der Waals surface area contributed by atoms with E-state index in [9.17, 15) is 17.9 Å². The summed E-state index contributed by atoms with van der Waals surface area (Å²) in [6, 6.07) is 6.11. The summed E-state index contributed by atoms with van der Waals surface area (Å²) >= 11 is 0. The Morgan fingerprint density at radius 2 is 1.93 bits per heavy atom. The molecule has 3 N–H and O–H groups in total. The van der Waals surface area contributed by atoms with E-state index in [4.69, 9.17) is 0 Å². The van der Waals surface area contributed by atoms with Crippen LogP contribution in [0.1, 0.15) is 71.0 Å². The van der Waals surface area contributed by atoms with E-state index < -0.39 is 16.1 Å². The molecule has 1 fully saturated rings. The normalized spacial score (nSPS) is 22.2. The van der Waals surface area contributed by atoms with Crippen LogP contribution in [0.3, 0.4) is 0 Å². The standard InChI is InChI=1S/C21H35FN2O3S/c1-4-12-28(26,27)24-19-10-8-16(9-11-19)14-21(2,3)23-15-20(25)17-6-5-7-18(22)13-17/h5-7,13,16,19-20,23-25H,4,8-12,14-15H2,1-3H3/t16-,19-,20-/m0/s1. The van der Waals surface area contributed by atoms with Crippen molar-refractivity contribution in [3.05, 3.63) is 35.6 Å². The highest BCUT2D eigenvalue weighted by Gasteiger charge is 2.29. The molecule has 2 rings (SSSR count). The van der Waals surface area contributed by atoms with E-state index in [0.717, 1.165) is 32.1 Å². The summed E-state index contributed by atoms with van der Waals surface area (Å²) in [5.41, 5.74) is 0.413. The fourth-order valence-electron chi connectivity index (χ4n) is 4.06. The number of aliphatic hydroxyl groups is 1. The quantitative estimate of drug-likeness (QED) is 0.547. The van der Waals surface area contributed by atoms with Gasteiger partial charge in [0, 0.05) is 18.1 Å². The van der Waals surface area contributed by atoms with E-state index in [1.165, 1.54) is 12.1 Å². The van der Waals surface area contributed by atoms with Gasteiger partial charge in [-0.2, -0.15) is 0 Å². The largest absolute Gasteiger partial charge is 0.387 e. The molecule has 0 radical (unpaired) electrons. The molecule has 7 heteroatoms. The summed E-state index contributed by atoms with van der Waals surface area (Å²) < 4.78 is 40.0. The summed E-state index contributed by atoms with van der Waals surface area (Å²) in [5, 5.41) is 13.7. The molecule has 0 amide bonds. The molecular formula is C21H35FN2O3S. The van der Waals surface area contributed by atoms with Gasteiger partial charge in [-0.3, -0.25) is 0 Å². The third-order valence-electron chi connectivity index (χ3n) is 5.47. The molecule has 160 valence electrons. The fourth-order valence-corrected chi connectivity index (χ4v) is 5.46. The van der Waals surface area contributed by atoms with Gasteiger partial charge in [0.1, 0.15) is 5.82 Å². The molecule has 1 aliphatic rings. The number of aliphatic hydroxyl groups excluding tert-OH is 1. The van der Waals surface area contributed by atoms with Gasteiger partial charge in [-0.25, -0.2) is 17.5 Å². The van der Waals surface area contributed by atoms with Crippen LogP contribution >= 0.6 is 0 Å². The lowest BCUT2D eigenvalue weighted by Crippen LogP contribution is -2.44. The number of halogens is 1. The molecule has 5 nitrogen and oxygen atoms in total. The molecular weight excluding hydrogens is 379 g/mol. The number of sulfonamides is 1. The Morgan fingerprint density at radius 1 is 1.25 bits per heavy atom. The molecule has 1 aliphatic carbocycles. The Bertz CT molecular complexity index is 716. The Labute approximate surface area is 169 Å². The molecule has 1 aromatic carbocycles. The first-order valence-electron chi connectivity index (χ1n) is 10.3. The summed E-state index contributed by atoms with van der Waals surface area (Å²) in [5.74, 6) is 0.375. The van der Waals surface area contributed by atoms with Crippen LogP contribution in [-0.4, -0.2) is 37.4 Å². The molecule has 1 atom stereocenters. The predicted molar refractivity (Wildman–Crippen MR) is 111 cm³/mol. The van der Waals surface area contributed by atoms with Gasteiger partial charge < -0.3 is 10.4 Å². The number of benzene rings is 1. The molecule has 0 spiro atoms. The van der Waals surface area contributed by atoms with Gasteiger partial charge in [0.25, 0.3) is 0 Å². The molecule has 28 heavy (non-hydrogen) atoms. The van der Waals surface area contributed by atoms with Gasteiger partial charge in [-0.05, 0) is 76.0 Å². The first kappa shape index (κ1) is 23.3. The second kappa shape index (κ2) is 10.1. The minimum Gasteiger partial charge on any atom is -0.387 e. The predicted octanol–water partition coefficient (Wildman–Crippen LogP) is 3.51. The van der Waals surface area contributed by atoms with Gasteiger partial charge in [0.2, 0.25) is 10.0 Å². The zero-order valence-electron chi connectivity index (χ0n) is 17.2. The second-order valence-electron chi connectivity index (χ2n) is 8.69. The third kappa shape index (κ3) is 7.78. The van der Waals surface area contributed by atoms with Crippen LogP contribution in [-0.2, 0) is 10.0 Å². The maximum absolute atomic E-state index is 13.3. The van der Waals surface area contributed by atoms with Crippen LogP contribution in [0.4, 0.5) is 4.39 Å². The molecule has 0 unspecified atom stereocenters. The van der Waals surface area contributed by atoms with Gasteiger partial charge in [-0.15, -0.1) is 0 Å². The average molecular weight is 415 g/mol. The lowest BCUT2D eigenvalue weighted by Gasteiger charge is -2.35. The van der Waals surface area contributed by atoms with Crippen molar-refractivity contribution in [1.82, 2.24) is 10.0 Å². The number of rotatable bonds is 10. The lowest BCUT2D eigenvalue weighted by molar-refractivity contribution is 0.149. The molecule has 0 bridgehead atoms. The van der Waals surface area contributed by atoms with Crippen molar-refractivity contribution in [3.63, 3.8) is 0 Å². The first-order valence-corrected chi connectivity index (χ1v) is 11.9. The topological polar surface area (TPSA) is 78.4 Å². The lowest BCUT2D eigenvalue weighted by atomic mass is 9.79. The van der Waals surface area contributed by atoms with Crippen LogP contribution < -0.4 is 10.0 Å². The zero-order chi connectivity index (χ0) is 20.8. The minimum absolute atomic E-state index is 0.0543. The van der Waals surface area contributed by atoms with E-state index in [1.807, 2.05) is 6.92 Å². The highest BCUT2D eigenvalue weighted by Crippen LogP contribution is 2.31. The Kier molecular flexibility index (Phi) is 8.43. The highest BCUT2D eigenvalue weighted by atomic mass is 32.2. The van der Waals surface area contributed by atoms with E-state index in [2.05, 4.69) is 23.9 Å². The van der Waals surface area contributed by atoms with Crippen molar-refractivity contribution in [2.75, 3.05) is 12.3 Å². The number of nitrogens with one attached hydrogen (secondary N) is 2. The molecule has 0 heterocycles. The maximum atomic E-state index is 13.3. The fraction of sp³-hybridized carbons (Fsp3) is 0.714. The summed E-state index contributed by atoms with van der Waals surface area (Å²) in [6.45, 7) is 6.46. The van der Waals surface area contributed by atoms with Crippen LogP contribution in [0.5, 0.6) is 0 Å². The SMILES string of the molecule is CCCS(=O)(=O)N[C@H]1CC[C@H](CC(C)(C)NC[C@H](O)c2cccc(F)c2)CC1.